The molecule has 8 nitrogen and oxygen atoms in total. The van der Waals surface area contributed by atoms with Gasteiger partial charge in [0.25, 0.3) is 5.91 Å². The number of hydrazone groups is 1. The van der Waals surface area contributed by atoms with Crippen LogP contribution >= 0.6 is 11.6 Å². The average Bonchev–Trinajstić information content (AvgIpc) is 2.79. The van der Waals surface area contributed by atoms with E-state index >= 15 is 0 Å². The highest BCUT2D eigenvalue weighted by atomic mass is 35.5. The van der Waals surface area contributed by atoms with Crippen LogP contribution in [0, 0.1) is 12.3 Å². The normalized spacial score (nSPS) is 10.3. The van der Waals surface area contributed by atoms with Gasteiger partial charge in [0.2, 0.25) is 5.91 Å². The van der Waals surface area contributed by atoms with Gasteiger partial charge in [-0.2, -0.15) is 5.10 Å². The fourth-order valence-electron chi connectivity index (χ4n) is 2.55. The molecule has 2 aromatic carbocycles. The summed E-state index contributed by atoms with van der Waals surface area (Å²) >= 11 is 6.24. The molecule has 0 aliphatic carbocycles. The third kappa shape index (κ3) is 7.52. The van der Waals surface area contributed by atoms with Crippen molar-refractivity contribution < 1.29 is 23.8 Å². The summed E-state index contributed by atoms with van der Waals surface area (Å²) in [6.45, 7) is 2.45. The van der Waals surface area contributed by atoms with Gasteiger partial charge in [0.1, 0.15) is 12.4 Å². The highest BCUT2D eigenvalue weighted by molar-refractivity contribution is 6.32. The lowest BCUT2D eigenvalue weighted by molar-refractivity contribution is -0.120. The van der Waals surface area contributed by atoms with E-state index in [1.165, 1.54) is 6.21 Å². The van der Waals surface area contributed by atoms with Gasteiger partial charge in [0, 0.05) is 18.5 Å². The van der Waals surface area contributed by atoms with E-state index in [1.54, 1.807) is 43.5 Å². The summed E-state index contributed by atoms with van der Waals surface area (Å²) in [4.78, 5) is 24.0. The maximum atomic E-state index is 12.1. The number of benzene rings is 2. The van der Waals surface area contributed by atoms with E-state index in [0.717, 1.165) is 0 Å². The third-order valence-corrected chi connectivity index (χ3v) is 4.30. The van der Waals surface area contributed by atoms with E-state index in [1.807, 2.05) is 6.92 Å². The minimum atomic E-state index is -0.360. The standard InChI is InChI=1S/C23H24ClN3O5/c1-4-12-32-22-19(24)13-16(14-20(22)31-5-2)15-26-27-21(28)10-11-25-23(29)17-6-8-18(30-3)9-7-17/h1,6-9,13-15H,5,10-12H2,2-3H3,(H,25,29)(H,27,28). The number of carbonyl (C=O) groups is 2. The Hall–Kier alpha value is -3.70. The van der Waals surface area contributed by atoms with Crippen LogP contribution in [0.1, 0.15) is 29.3 Å². The van der Waals surface area contributed by atoms with Gasteiger partial charge in [0.15, 0.2) is 11.5 Å². The molecule has 2 aromatic rings. The molecule has 0 radical (unpaired) electrons. The second-order valence-electron chi connectivity index (χ2n) is 6.28. The smallest absolute Gasteiger partial charge is 0.251 e. The molecular weight excluding hydrogens is 434 g/mol. The number of nitrogens with one attached hydrogen (secondary N) is 2. The summed E-state index contributed by atoms with van der Waals surface area (Å²) in [5.74, 6) is 3.15. The van der Waals surface area contributed by atoms with Gasteiger partial charge in [0.05, 0.1) is 25.0 Å². The number of carbonyl (C=O) groups excluding carboxylic acids is 2. The largest absolute Gasteiger partial charge is 0.497 e. The van der Waals surface area contributed by atoms with Crippen molar-refractivity contribution in [3.8, 4) is 29.6 Å². The lowest BCUT2D eigenvalue weighted by Gasteiger charge is -2.12. The monoisotopic (exact) mass is 457 g/mol. The number of nitrogens with zero attached hydrogens (tertiary/aromatic N) is 1. The van der Waals surface area contributed by atoms with Crippen LogP contribution in [0.5, 0.6) is 17.2 Å². The van der Waals surface area contributed by atoms with Gasteiger partial charge >= 0.3 is 0 Å². The molecule has 2 rings (SSSR count). The lowest BCUT2D eigenvalue weighted by Crippen LogP contribution is -2.29. The lowest BCUT2D eigenvalue weighted by atomic mass is 10.2. The Labute approximate surface area is 191 Å². The van der Waals surface area contributed by atoms with Crippen molar-refractivity contribution in [1.29, 1.82) is 0 Å². The molecule has 0 saturated carbocycles. The van der Waals surface area contributed by atoms with Crippen LogP contribution < -0.4 is 25.0 Å². The quantitative estimate of drug-likeness (QED) is 0.307. The highest BCUT2D eigenvalue weighted by Crippen LogP contribution is 2.36. The van der Waals surface area contributed by atoms with Gasteiger partial charge in [-0.25, -0.2) is 5.43 Å². The number of amides is 2. The molecule has 0 aliphatic rings. The number of hydrogen-bond acceptors (Lipinski definition) is 6. The van der Waals surface area contributed by atoms with Gasteiger partial charge in [-0.05, 0) is 48.9 Å². The molecule has 0 heterocycles. The second-order valence-corrected chi connectivity index (χ2v) is 6.69. The first kappa shape index (κ1) is 24.6. The maximum Gasteiger partial charge on any atom is 0.251 e. The zero-order chi connectivity index (χ0) is 23.3. The number of halogens is 1. The zero-order valence-corrected chi connectivity index (χ0v) is 18.6. The molecular formula is C23H24ClN3O5. The predicted molar refractivity (Wildman–Crippen MR) is 123 cm³/mol. The Bertz CT molecular complexity index is 1000. The Morgan fingerprint density at radius 3 is 2.62 bits per heavy atom. The molecule has 2 amide bonds. The van der Waals surface area contributed by atoms with Crippen molar-refractivity contribution in [2.45, 2.75) is 13.3 Å². The summed E-state index contributed by atoms with van der Waals surface area (Å²) in [5, 5.41) is 6.89. The molecule has 168 valence electrons. The minimum absolute atomic E-state index is 0.0539. The molecule has 0 bridgehead atoms. The molecule has 0 unspecified atom stereocenters. The molecule has 32 heavy (non-hydrogen) atoms. The summed E-state index contributed by atoms with van der Waals surface area (Å²) in [6, 6.07) is 9.94. The van der Waals surface area contributed by atoms with Crippen molar-refractivity contribution in [3.05, 3.63) is 52.5 Å². The highest BCUT2D eigenvalue weighted by Gasteiger charge is 2.12. The van der Waals surface area contributed by atoms with Crippen LogP contribution in [0.3, 0.4) is 0 Å². The van der Waals surface area contributed by atoms with Crippen molar-refractivity contribution in [2.24, 2.45) is 5.10 Å². The maximum absolute atomic E-state index is 12.1. The SMILES string of the molecule is C#CCOc1c(Cl)cc(C=NNC(=O)CCNC(=O)c2ccc(OC)cc2)cc1OCC. The van der Waals surface area contributed by atoms with Crippen molar-refractivity contribution >= 4 is 29.6 Å². The Morgan fingerprint density at radius 1 is 1.22 bits per heavy atom. The average molecular weight is 458 g/mol. The topological polar surface area (TPSA) is 98.2 Å². The molecule has 0 fully saturated rings. The van der Waals surface area contributed by atoms with Crippen molar-refractivity contribution in [1.82, 2.24) is 10.7 Å². The van der Waals surface area contributed by atoms with Crippen molar-refractivity contribution in [3.63, 3.8) is 0 Å². The van der Waals surface area contributed by atoms with E-state index in [-0.39, 0.29) is 31.4 Å². The van der Waals surface area contributed by atoms with E-state index < -0.39 is 0 Å². The van der Waals surface area contributed by atoms with E-state index in [2.05, 4.69) is 21.8 Å². The fraction of sp³-hybridized carbons (Fsp3) is 0.261. The van der Waals surface area contributed by atoms with Gasteiger partial charge in [-0.1, -0.05) is 17.5 Å². The van der Waals surface area contributed by atoms with Crippen LogP contribution in [0.2, 0.25) is 5.02 Å². The van der Waals surface area contributed by atoms with Gasteiger partial charge in [-0.15, -0.1) is 6.42 Å². The molecule has 0 aromatic heterocycles. The second kappa shape index (κ2) is 12.9. The number of methoxy groups -OCH3 is 1. The summed E-state index contributed by atoms with van der Waals surface area (Å²) in [5.41, 5.74) is 3.47. The van der Waals surface area contributed by atoms with Crippen LogP contribution in [0.4, 0.5) is 0 Å². The number of rotatable bonds is 11. The van der Waals surface area contributed by atoms with Gasteiger partial charge < -0.3 is 19.5 Å². The fourth-order valence-corrected chi connectivity index (χ4v) is 2.82. The summed E-state index contributed by atoms with van der Waals surface area (Å²) < 4.78 is 16.0. The number of terminal acetylenes is 1. The molecule has 0 aliphatic heterocycles. The summed E-state index contributed by atoms with van der Waals surface area (Å²) in [6.07, 6.45) is 6.70. The van der Waals surface area contributed by atoms with E-state index in [4.69, 9.17) is 32.2 Å². The van der Waals surface area contributed by atoms with Crippen LogP contribution in [-0.2, 0) is 4.79 Å². The first-order chi connectivity index (χ1) is 15.5. The van der Waals surface area contributed by atoms with E-state index in [0.29, 0.717) is 40.0 Å². The molecule has 2 N–H and O–H groups in total. The van der Waals surface area contributed by atoms with Crippen LogP contribution in [0.25, 0.3) is 0 Å². The van der Waals surface area contributed by atoms with Gasteiger partial charge in [-0.3, -0.25) is 9.59 Å². The van der Waals surface area contributed by atoms with E-state index in [9.17, 15) is 9.59 Å². The molecule has 0 saturated heterocycles. The molecule has 0 atom stereocenters. The third-order valence-electron chi connectivity index (χ3n) is 4.02. The Morgan fingerprint density at radius 2 is 1.97 bits per heavy atom. The van der Waals surface area contributed by atoms with Crippen molar-refractivity contribution in [2.75, 3.05) is 26.9 Å². The molecule has 0 spiro atoms. The number of ether oxygens (including phenoxy) is 3. The predicted octanol–water partition coefficient (Wildman–Crippen LogP) is 3.03. The first-order valence-corrected chi connectivity index (χ1v) is 10.1. The number of hydrogen-bond donors (Lipinski definition) is 2. The van der Waals surface area contributed by atoms with Crippen LogP contribution in [0.15, 0.2) is 41.5 Å². The summed E-state index contributed by atoms with van der Waals surface area (Å²) in [7, 11) is 1.55. The Balaban J connectivity index is 1.85. The zero-order valence-electron chi connectivity index (χ0n) is 17.8. The Kier molecular flexibility index (Phi) is 9.88. The molecule has 9 heteroatoms. The first-order valence-electron chi connectivity index (χ1n) is 9.75. The minimum Gasteiger partial charge on any atom is -0.497 e. The van der Waals surface area contributed by atoms with Crippen LogP contribution in [-0.4, -0.2) is 44.9 Å².